The van der Waals surface area contributed by atoms with Crippen molar-refractivity contribution in [3.05, 3.63) is 34.9 Å². The van der Waals surface area contributed by atoms with Crippen LogP contribution < -0.4 is 0 Å². The van der Waals surface area contributed by atoms with Gasteiger partial charge in [-0.2, -0.15) is 0 Å². The van der Waals surface area contributed by atoms with Crippen LogP contribution in [0.2, 0.25) is 0 Å². The highest BCUT2D eigenvalue weighted by Crippen LogP contribution is 2.29. The van der Waals surface area contributed by atoms with Gasteiger partial charge in [0.05, 0.1) is 6.42 Å². The molecule has 0 radical (unpaired) electrons. The van der Waals surface area contributed by atoms with Crippen LogP contribution in [0.5, 0.6) is 0 Å². The van der Waals surface area contributed by atoms with Crippen LogP contribution in [0.4, 0.5) is 0 Å². The Hall–Kier alpha value is -1.84. The Kier molecular flexibility index (Phi) is 3.88. The maximum absolute atomic E-state index is 12.5. The highest BCUT2D eigenvalue weighted by molar-refractivity contribution is 5.96. The molecule has 0 saturated heterocycles. The molecule has 19 heavy (non-hydrogen) atoms. The Morgan fingerprint density at radius 2 is 2.00 bits per heavy atom. The summed E-state index contributed by atoms with van der Waals surface area (Å²) in [4.78, 5) is 25.0. The van der Waals surface area contributed by atoms with Gasteiger partial charge in [0.25, 0.3) is 5.91 Å². The number of amides is 1. The molecule has 2 rings (SSSR count). The van der Waals surface area contributed by atoms with Crippen LogP contribution in [0.3, 0.4) is 0 Å². The summed E-state index contributed by atoms with van der Waals surface area (Å²) >= 11 is 0. The van der Waals surface area contributed by atoms with Crippen LogP contribution in [0.1, 0.15) is 40.7 Å². The quantitative estimate of drug-likeness (QED) is 0.885. The zero-order valence-electron chi connectivity index (χ0n) is 11.3. The average molecular weight is 261 g/mol. The van der Waals surface area contributed by atoms with E-state index in [1.165, 1.54) is 0 Å². The van der Waals surface area contributed by atoms with Crippen LogP contribution >= 0.6 is 0 Å². The molecule has 0 aromatic heterocycles. The van der Waals surface area contributed by atoms with E-state index in [1.54, 1.807) is 4.90 Å². The highest BCUT2D eigenvalue weighted by atomic mass is 16.4. The number of carboxylic acid groups (broad SMARTS) is 1. The second-order valence-electron chi connectivity index (χ2n) is 5.12. The Balaban J connectivity index is 2.19. The fraction of sp³-hybridized carbons (Fsp3) is 0.467. The minimum absolute atomic E-state index is 0.00705. The van der Waals surface area contributed by atoms with E-state index in [4.69, 9.17) is 5.11 Å². The van der Waals surface area contributed by atoms with Crippen LogP contribution in [0.25, 0.3) is 0 Å². The molecule has 1 aliphatic rings. The highest BCUT2D eigenvalue weighted by Gasteiger charge is 2.33. The van der Waals surface area contributed by atoms with E-state index in [0.717, 1.165) is 24.0 Å². The molecule has 0 aliphatic heterocycles. The molecule has 4 nitrogen and oxygen atoms in total. The van der Waals surface area contributed by atoms with Gasteiger partial charge in [-0.1, -0.05) is 12.1 Å². The second-order valence-corrected chi connectivity index (χ2v) is 5.12. The predicted molar refractivity (Wildman–Crippen MR) is 72.2 cm³/mol. The summed E-state index contributed by atoms with van der Waals surface area (Å²) in [5.74, 6) is -0.899. The molecule has 1 fully saturated rings. The van der Waals surface area contributed by atoms with E-state index in [0.29, 0.717) is 12.1 Å². The zero-order chi connectivity index (χ0) is 14.0. The van der Waals surface area contributed by atoms with Crippen molar-refractivity contribution in [1.29, 1.82) is 0 Å². The SMILES string of the molecule is Cc1cccc(C(=O)N(CCC(=O)O)C2CC2)c1C. The van der Waals surface area contributed by atoms with Crippen LogP contribution in [0.15, 0.2) is 18.2 Å². The Morgan fingerprint density at radius 3 is 2.58 bits per heavy atom. The van der Waals surface area contributed by atoms with Gasteiger partial charge in [-0.05, 0) is 43.9 Å². The summed E-state index contributed by atoms with van der Waals surface area (Å²) in [6, 6.07) is 5.90. The largest absolute Gasteiger partial charge is 0.481 e. The lowest BCUT2D eigenvalue weighted by Gasteiger charge is -2.23. The molecule has 1 aromatic rings. The average Bonchev–Trinajstić information content (AvgIpc) is 3.17. The summed E-state index contributed by atoms with van der Waals surface area (Å²) in [5, 5.41) is 8.78. The number of aryl methyl sites for hydroxylation is 1. The van der Waals surface area contributed by atoms with Gasteiger partial charge in [0, 0.05) is 18.2 Å². The molecular weight excluding hydrogens is 242 g/mol. The summed E-state index contributed by atoms with van der Waals surface area (Å²) in [6.45, 7) is 4.21. The Labute approximate surface area is 113 Å². The van der Waals surface area contributed by atoms with Gasteiger partial charge in [0.15, 0.2) is 0 Å². The summed E-state index contributed by atoms with van der Waals surface area (Å²) in [6.07, 6.45) is 1.97. The summed E-state index contributed by atoms with van der Waals surface area (Å²) in [7, 11) is 0. The first kappa shape index (κ1) is 13.6. The summed E-state index contributed by atoms with van der Waals surface area (Å²) < 4.78 is 0. The standard InChI is InChI=1S/C15H19NO3/c1-10-4-3-5-13(11(10)2)15(19)16(12-6-7-12)9-8-14(17)18/h3-5,12H,6-9H2,1-2H3,(H,17,18). The van der Waals surface area contributed by atoms with E-state index in [9.17, 15) is 9.59 Å². The van der Waals surface area contributed by atoms with Gasteiger partial charge in [-0.15, -0.1) is 0 Å². The molecule has 102 valence electrons. The normalized spacial score (nSPS) is 14.2. The molecule has 1 saturated carbocycles. The lowest BCUT2D eigenvalue weighted by atomic mass is 10.0. The summed E-state index contributed by atoms with van der Waals surface area (Å²) in [5.41, 5.74) is 2.76. The van der Waals surface area contributed by atoms with Crippen LogP contribution in [-0.4, -0.2) is 34.5 Å². The van der Waals surface area contributed by atoms with Gasteiger partial charge in [-0.25, -0.2) is 0 Å². The molecule has 0 atom stereocenters. The number of nitrogens with zero attached hydrogens (tertiary/aromatic N) is 1. The molecule has 0 bridgehead atoms. The molecule has 1 amide bonds. The number of carbonyl (C=O) groups excluding carboxylic acids is 1. The third kappa shape index (κ3) is 3.13. The smallest absolute Gasteiger partial charge is 0.305 e. The van der Waals surface area contributed by atoms with Crippen molar-refractivity contribution in [3.63, 3.8) is 0 Å². The number of rotatable bonds is 5. The first-order chi connectivity index (χ1) is 9.00. The Morgan fingerprint density at radius 1 is 1.32 bits per heavy atom. The monoisotopic (exact) mass is 261 g/mol. The van der Waals surface area contributed by atoms with E-state index in [-0.39, 0.29) is 18.4 Å². The van der Waals surface area contributed by atoms with Crippen molar-refractivity contribution in [2.45, 2.75) is 39.2 Å². The molecule has 1 aliphatic carbocycles. The van der Waals surface area contributed by atoms with E-state index in [1.807, 2.05) is 32.0 Å². The fourth-order valence-electron chi connectivity index (χ4n) is 2.19. The number of carbonyl (C=O) groups is 2. The van der Waals surface area contributed by atoms with Crippen molar-refractivity contribution in [1.82, 2.24) is 4.90 Å². The van der Waals surface area contributed by atoms with Crippen LogP contribution in [-0.2, 0) is 4.79 Å². The lowest BCUT2D eigenvalue weighted by Crippen LogP contribution is -2.35. The predicted octanol–water partition coefficient (Wildman–Crippen LogP) is 2.38. The first-order valence-electron chi connectivity index (χ1n) is 6.59. The molecule has 0 unspecified atom stereocenters. The van der Waals surface area contributed by atoms with Crippen molar-refractivity contribution in [2.24, 2.45) is 0 Å². The number of benzene rings is 1. The maximum Gasteiger partial charge on any atom is 0.305 e. The maximum atomic E-state index is 12.5. The molecule has 1 aromatic carbocycles. The molecule has 0 heterocycles. The molecule has 1 N–H and O–H groups in total. The number of hydrogen-bond acceptors (Lipinski definition) is 2. The van der Waals surface area contributed by atoms with Gasteiger partial charge >= 0.3 is 5.97 Å². The molecule has 4 heteroatoms. The number of aliphatic carboxylic acids is 1. The van der Waals surface area contributed by atoms with Crippen LogP contribution in [0, 0.1) is 13.8 Å². The van der Waals surface area contributed by atoms with Gasteiger partial charge in [0.1, 0.15) is 0 Å². The topological polar surface area (TPSA) is 57.6 Å². The third-order valence-electron chi connectivity index (χ3n) is 3.65. The number of carboxylic acids is 1. The minimum Gasteiger partial charge on any atom is -0.481 e. The molecule has 0 spiro atoms. The van der Waals surface area contributed by atoms with E-state index >= 15 is 0 Å². The van der Waals surface area contributed by atoms with Gasteiger partial charge < -0.3 is 10.0 Å². The van der Waals surface area contributed by atoms with E-state index in [2.05, 4.69) is 0 Å². The third-order valence-corrected chi connectivity index (χ3v) is 3.65. The molecular formula is C15H19NO3. The van der Waals surface area contributed by atoms with Crippen molar-refractivity contribution in [2.75, 3.05) is 6.54 Å². The second kappa shape index (κ2) is 5.43. The van der Waals surface area contributed by atoms with Gasteiger partial charge in [0.2, 0.25) is 0 Å². The van der Waals surface area contributed by atoms with E-state index < -0.39 is 5.97 Å². The van der Waals surface area contributed by atoms with Crippen molar-refractivity contribution >= 4 is 11.9 Å². The van der Waals surface area contributed by atoms with Crippen molar-refractivity contribution in [3.8, 4) is 0 Å². The van der Waals surface area contributed by atoms with Crippen molar-refractivity contribution < 1.29 is 14.7 Å². The minimum atomic E-state index is -0.862. The lowest BCUT2D eigenvalue weighted by molar-refractivity contribution is -0.137. The Bertz CT molecular complexity index is 506. The number of hydrogen-bond donors (Lipinski definition) is 1. The fourth-order valence-corrected chi connectivity index (χ4v) is 2.19. The van der Waals surface area contributed by atoms with Gasteiger partial charge in [-0.3, -0.25) is 9.59 Å². The first-order valence-corrected chi connectivity index (χ1v) is 6.59. The zero-order valence-corrected chi connectivity index (χ0v) is 11.3.